The lowest BCUT2D eigenvalue weighted by molar-refractivity contribution is 0.0688. The number of amides is 1. The molecule has 3 rings (SSSR count). The summed E-state index contributed by atoms with van der Waals surface area (Å²) in [5.41, 5.74) is 1.51. The molecule has 1 aliphatic heterocycles. The van der Waals surface area contributed by atoms with E-state index >= 15 is 0 Å². The van der Waals surface area contributed by atoms with Crippen molar-refractivity contribution in [2.45, 2.75) is 25.8 Å². The van der Waals surface area contributed by atoms with Crippen LogP contribution in [-0.4, -0.2) is 51.4 Å². The van der Waals surface area contributed by atoms with E-state index in [4.69, 9.17) is 9.84 Å². The molecule has 1 saturated heterocycles. The van der Waals surface area contributed by atoms with Crippen molar-refractivity contribution in [3.05, 3.63) is 59.9 Å². The molecule has 142 valence electrons. The van der Waals surface area contributed by atoms with Crippen molar-refractivity contribution >= 4 is 11.9 Å². The first-order chi connectivity index (χ1) is 13.0. The highest BCUT2D eigenvalue weighted by Gasteiger charge is 2.27. The Bertz CT molecular complexity index is 833. The minimum atomic E-state index is -0.966. The van der Waals surface area contributed by atoms with Crippen LogP contribution in [0.2, 0.25) is 0 Å². The van der Waals surface area contributed by atoms with E-state index in [-0.39, 0.29) is 17.5 Å². The number of carboxylic acid groups (broad SMARTS) is 1. The van der Waals surface area contributed by atoms with E-state index in [2.05, 4.69) is 11.7 Å². The van der Waals surface area contributed by atoms with E-state index in [1.165, 1.54) is 6.20 Å². The van der Waals surface area contributed by atoms with E-state index in [1.54, 1.807) is 41.9 Å². The monoisotopic (exact) mass is 369 g/mol. The summed E-state index contributed by atoms with van der Waals surface area (Å²) in [6.45, 7) is 7.02. The van der Waals surface area contributed by atoms with Gasteiger partial charge in [0.2, 0.25) is 0 Å². The number of ether oxygens (including phenoxy) is 1. The number of hydrogen-bond donors (Lipinski definition) is 1. The molecule has 27 heavy (non-hydrogen) atoms. The fraction of sp³-hybridized carbons (Fsp3) is 0.350. The van der Waals surface area contributed by atoms with Gasteiger partial charge in [0, 0.05) is 18.7 Å². The van der Waals surface area contributed by atoms with Gasteiger partial charge in [-0.2, -0.15) is 5.10 Å². The first kappa shape index (κ1) is 18.7. The molecule has 0 unspecified atom stereocenters. The molecule has 0 bridgehead atoms. The molecule has 1 aliphatic rings. The number of aromatic nitrogens is 2. The average molecular weight is 369 g/mol. The predicted octanol–water partition coefficient (Wildman–Crippen LogP) is 2.93. The Morgan fingerprint density at radius 3 is 2.52 bits per heavy atom. The molecule has 0 saturated carbocycles. The number of nitrogens with zero attached hydrogens (tertiary/aromatic N) is 3. The summed E-state index contributed by atoms with van der Waals surface area (Å²) in [6.07, 6.45) is 4.55. The van der Waals surface area contributed by atoms with Crippen LogP contribution in [0.4, 0.5) is 0 Å². The molecule has 1 aromatic heterocycles. The second-order valence-electron chi connectivity index (χ2n) is 6.54. The highest BCUT2D eigenvalue weighted by Crippen LogP contribution is 2.26. The highest BCUT2D eigenvalue weighted by atomic mass is 16.5. The van der Waals surface area contributed by atoms with E-state index in [9.17, 15) is 9.59 Å². The molecule has 7 heteroatoms. The quantitative estimate of drug-likeness (QED) is 0.792. The summed E-state index contributed by atoms with van der Waals surface area (Å²) in [5, 5.41) is 13.4. The van der Waals surface area contributed by atoms with Gasteiger partial charge in [0.25, 0.3) is 5.91 Å². The summed E-state index contributed by atoms with van der Waals surface area (Å²) in [5.74, 6) is -0.271. The van der Waals surface area contributed by atoms with Gasteiger partial charge < -0.3 is 14.7 Å². The normalized spacial score (nSPS) is 14.8. The van der Waals surface area contributed by atoms with Gasteiger partial charge in [-0.25, -0.2) is 4.79 Å². The number of carbonyl (C=O) groups is 2. The van der Waals surface area contributed by atoms with Crippen LogP contribution in [0.1, 0.15) is 45.3 Å². The van der Waals surface area contributed by atoms with Crippen LogP contribution >= 0.6 is 0 Å². The van der Waals surface area contributed by atoms with Crippen molar-refractivity contribution in [3.63, 3.8) is 0 Å². The number of carbonyl (C=O) groups excluding carboxylic acids is 1. The van der Waals surface area contributed by atoms with Gasteiger partial charge in [0.05, 0.1) is 17.9 Å². The van der Waals surface area contributed by atoms with E-state index in [1.807, 2.05) is 4.90 Å². The van der Waals surface area contributed by atoms with Crippen molar-refractivity contribution in [1.29, 1.82) is 0 Å². The Hall–Kier alpha value is -3.09. The third-order valence-electron chi connectivity index (χ3n) is 4.84. The van der Waals surface area contributed by atoms with Crippen molar-refractivity contribution in [1.82, 2.24) is 14.7 Å². The molecule has 0 atom stereocenters. The molecule has 7 nitrogen and oxygen atoms in total. The summed E-state index contributed by atoms with van der Waals surface area (Å²) in [7, 11) is 0. The molecule has 1 amide bonds. The number of carboxylic acids is 1. The lowest BCUT2D eigenvalue weighted by Crippen LogP contribution is -2.39. The third-order valence-corrected chi connectivity index (χ3v) is 4.84. The molecular weight excluding hydrogens is 346 g/mol. The maximum Gasteiger partial charge on any atom is 0.339 e. The first-order valence-corrected chi connectivity index (χ1v) is 8.91. The van der Waals surface area contributed by atoms with Gasteiger partial charge in [-0.3, -0.25) is 9.48 Å². The molecule has 1 N–H and O–H groups in total. The zero-order valence-electron chi connectivity index (χ0n) is 15.3. The predicted molar refractivity (Wildman–Crippen MR) is 100 cm³/mol. The van der Waals surface area contributed by atoms with Crippen molar-refractivity contribution in [3.8, 4) is 5.75 Å². The van der Waals surface area contributed by atoms with Gasteiger partial charge in [0.15, 0.2) is 0 Å². The van der Waals surface area contributed by atoms with Crippen LogP contribution in [0.15, 0.2) is 43.1 Å². The standard InChI is InChI=1S/C20H23N3O4/c1-3-12-27-17-6-4-15(5-7-17)19(24)22-10-8-16(9-11-22)23-14(2)18(13-21-23)20(25)26/h3-7,13,16H,1,8-12H2,2H3,(H,25,26). The van der Waals surface area contributed by atoms with E-state index in [0.29, 0.717) is 36.7 Å². The minimum absolute atomic E-state index is 0.00728. The van der Waals surface area contributed by atoms with Gasteiger partial charge in [-0.1, -0.05) is 12.7 Å². The Balaban J connectivity index is 1.61. The van der Waals surface area contributed by atoms with E-state index < -0.39 is 5.97 Å². The lowest BCUT2D eigenvalue weighted by Gasteiger charge is -2.32. The number of hydrogen-bond acceptors (Lipinski definition) is 4. The Morgan fingerprint density at radius 1 is 1.30 bits per heavy atom. The summed E-state index contributed by atoms with van der Waals surface area (Å²) in [4.78, 5) is 25.7. The van der Waals surface area contributed by atoms with Crippen molar-refractivity contribution in [2.24, 2.45) is 0 Å². The van der Waals surface area contributed by atoms with Gasteiger partial charge in [0.1, 0.15) is 17.9 Å². The maximum atomic E-state index is 12.7. The number of aromatic carboxylic acids is 1. The van der Waals surface area contributed by atoms with Gasteiger partial charge in [-0.15, -0.1) is 0 Å². The fourth-order valence-electron chi connectivity index (χ4n) is 3.35. The van der Waals surface area contributed by atoms with Crippen molar-refractivity contribution < 1.29 is 19.4 Å². The summed E-state index contributed by atoms with van der Waals surface area (Å²) >= 11 is 0. The highest BCUT2D eigenvalue weighted by molar-refractivity contribution is 5.94. The van der Waals surface area contributed by atoms with Crippen LogP contribution in [0.5, 0.6) is 5.75 Å². The second-order valence-corrected chi connectivity index (χ2v) is 6.54. The zero-order valence-corrected chi connectivity index (χ0v) is 15.3. The number of likely N-dealkylation sites (tertiary alicyclic amines) is 1. The molecule has 2 heterocycles. The van der Waals surface area contributed by atoms with Crippen molar-refractivity contribution in [2.75, 3.05) is 19.7 Å². The Morgan fingerprint density at radius 2 is 1.96 bits per heavy atom. The Labute approximate surface area is 157 Å². The van der Waals surface area contributed by atoms with Gasteiger partial charge in [-0.05, 0) is 44.0 Å². The molecule has 0 radical (unpaired) electrons. The Kier molecular flexibility index (Phi) is 5.59. The van der Waals surface area contributed by atoms with Crippen LogP contribution in [0, 0.1) is 6.92 Å². The maximum absolute atomic E-state index is 12.7. The third kappa shape index (κ3) is 4.02. The molecule has 0 aliphatic carbocycles. The smallest absolute Gasteiger partial charge is 0.339 e. The second kappa shape index (κ2) is 8.07. The molecular formula is C20H23N3O4. The molecule has 1 fully saturated rings. The summed E-state index contributed by atoms with van der Waals surface area (Å²) in [6, 6.07) is 7.21. The first-order valence-electron chi connectivity index (χ1n) is 8.91. The molecule has 2 aromatic rings. The van der Waals surface area contributed by atoms with Gasteiger partial charge >= 0.3 is 5.97 Å². The largest absolute Gasteiger partial charge is 0.490 e. The van der Waals surface area contributed by atoms with E-state index in [0.717, 1.165) is 12.8 Å². The lowest BCUT2D eigenvalue weighted by atomic mass is 10.0. The van der Waals surface area contributed by atoms with Crippen LogP contribution < -0.4 is 4.74 Å². The zero-order chi connectivity index (χ0) is 19.4. The molecule has 1 aromatic carbocycles. The van der Waals surface area contributed by atoms with Crippen LogP contribution in [0.25, 0.3) is 0 Å². The summed E-state index contributed by atoms with van der Waals surface area (Å²) < 4.78 is 7.21. The van der Waals surface area contributed by atoms with Crippen LogP contribution in [0.3, 0.4) is 0 Å². The topological polar surface area (TPSA) is 84.7 Å². The fourth-order valence-corrected chi connectivity index (χ4v) is 3.35. The van der Waals surface area contributed by atoms with Crippen LogP contribution in [-0.2, 0) is 0 Å². The number of benzene rings is 1. The minimum Gasteiger partial charge on any atom is -0.490 e. The average Bonchev–Trinajstić information content (AvgIpc) is 3.08. The molecule has 0 spiro atoms. The number of rotatable bonds is 6. The number of piperidine rings is 1. The SMILES string of the molecule is C=CCOc1ccc(C(=O)N2CCC(n3ncc(C(=O)O)c3C)CC2)cc1.